The molecule has 1 aliphatic heterocycles. The minimum absolute atomic E-state index is 0.0475. The zero-order valence-electron chi connectivity index (χ0n) is 17.6. The maximum Gasteiger partial charge on any atom is 0.274 e. The van der Waals surface area contributed by atoms with Gasteiger partial charge in [0.25, 0.3) is 17.7 Å². The zero-order chi connectivity index (χ0) is 26.4. The van der Waals surface area contributed by atoms with E-state index in [1.54, 1.807) is 36.4 Å². The Labute approximate surface area is 245 Å². The van der Waals surface area contributed by atoms with Crippen LogP contribution in [0.2, 0.25) is 10.0 Å². The molecule has 2 aromatic carbocycles. The number of allylic oxidation sites excluding steroid dienone is 2. The standard InChI is InChI=1S/C23H12Cl8N2O3/c24-12-7-3-1-5-10(12)9-32(18(34)11-6-2-4-8-13(11)25)33-19(35)14-15(20(33)36)22(29)17(27)16(26)21(14,28)23(22,30)31/h1-8,14-15H,9H2/t14-,15+,21-,22-/m1/s1. The molecular weight excluding hydrogens is 636 g/mol. The van der Waals surface area contributed by atoms with Crippen LogP contribution < -0.4 is 0 Å². The van der Waals surface area contributed by atoms with Crippen molar-refractivity contribution in [2.45, 2.75) is 20.6 Å². The van der Waals surface area contributed by atoms with E-state index in [1.807, 2.05) is 0 Å². The third-order valence-electron chi connectivity index (χ3n) is 6.74. The lowest BCUT2D eigenvalue weighted by molar-refractivity contribution is -0.156. The number of benzene rings is 2. The second kappa shape index (κ2) is 8.82. The van der Waals surface area contributed by atoms with E-state index in [0.29, 0.717) is 15.6 Å². The van der Waals surface area contributed by atoms with Gasteiger partial charge in [-0.05, 0) is 23.8 Å². The molecule has 2 bridgehead atoms. The van der Waals surface area contributed by atoms with Gasteiger partial charge in [0.05, 0.1) is 39.0 Å². The number of rotatable bonds is 4. The number of hydrogen-bond donors (Lipinski definition) is 0. The molecule has 13 heteroatoms. The molecule has 3 amide bonds. The molecule has 1 saturated carbocycles. The average molecular weight is 648 g/mol. The summed E-state index contributed by atoms with van der Waals surface area (Å²) < 4.78 is -2.09. The van der Waals surface area contributed by atoms with Gasteiger partial charge in [-0.3, -0.25) is 14.4 Å². The molecule has 5 rings (SSSR count). The quantitative estimate of drug-likeness (QED) is 0.265. The van der Waals surface area contributed by atoms with Gasteiger partial charge in [-0.15, -0.1) is 23.2 Å². The number of fused-ring (bicyclic) bond motifs is 5. The first-order valence-electron chi connectivity index (χ1n) is 10.3. The van der Waals surface area contributed by atoms with E-state index >= 15 is 0 Å². The number of imide groups is 1. The molecule has 0 unspecified atom stereocenters. The zero-order valence-corrected chi connectivity index (χ0v) is 23.7. The molecular formula is C23H12Cl8N2O3. The van der Waals surface area contributed by atoms with Crippen LogP contribution in [0.25, 0.3) is 0 Å². The first kappa shape index (κ1) is 26.7. The molecule has 5 nitrogen and oxygen atoms in total. The van der Waals surface area contributed by atoms with E-state index in [2.05, 4.69) is 0 Å². The van der Waals surface area contributed by atoms with Crippen LogP contribution >= 0.6 is 92.8 Å². The highest BCUT2D eigenvalue weighted by atomic mass is 35.5. The number of nitrogens with zero attached hydrogens (tertiary/aromatic N) is 2. The van der Waals surface area contributed by atoms with Crippen molar-refractivity contribution in [1.82, 2.24) is 10.0 Å². The Kier molecular flexibility index (Phi) is 6.54. The van der Waals surface area contributed by atoms with E-state index in [4.69, 9.17) is 92.8 Å². The van der Waals surface area contributed by atoms with Crippen molar-refractivity contribution in [3.8, 4) is 0 Å². The molecule has 2 fully saturated rings. The molecule has 1 heterocycles. The first-order chi connectivity index (χ1) is 16.8. The fraction of sp³-hybridized carbons (Fsp3) is 0.261. The second-order valence-corrected chi connectivity index (χ2v) is 12.6. The van der Waals surface area contributed by atoms with Gasteiger partial charge in [0.1, 0.15) is 9.75 Å². The minimum Gasteiger partial charge on any atom is -0.272 e. The van der Waals surface area contributed by atoms with E-state index < -0.39 is 43.6 Å². The molecule has 188 valence electrons. The number of hydrogen-bond acceptors (Lipinski definition) is 3. The summed E-state index contributed by atoms with van der Waals surface area (Å²) in [5.41, 5.74) is 0.505. The van der Waals surface area contributed by atoms with Gasteiger partial charge in [-0.2, -0.15) is 5.01 Å². The normalized spacial score (nSPS) is 30.3. The number of alkyl halides is 4. The number of hydrazine groups is 1. The summed E-state index contributed by atoms with van der Waals surface area (Å²) in [5, 5.41) is 1.58. The molecule has 0 radical (unpaired) electrons. The van der Waals surface area contributed by atoms with Crippen molar-refractivity contribution in [2.75, 3.05) is 0 Å². The summed E-state index contributed by atoms with van der Waals surface area (Å²) in [4.78, 5) is 37.5. The summed E-state index contributed by atoms with van der Waals surface area (Å²) in [5.74, 6) is -5.29. The molecule has 1 saturated heterocycles. The van der Waals surface area contributed by atoms with Gasteiger partial charge < -0.3 is 0 Å². The molecule has 0 N–H and O–H groups in total. The highest BCUT2D eigenvalue weighted by molar-refractivity contribution is 6.66. The van der Waals surface area contributed by atoms with Gasteiger partial charge in [0.2, 0.25) is 0 Å². The maximum absolute atomic E-state index is 13.9. The SMILES string of the molecule is O=C(c1ccccc1Cl)N(Cc1ccccc1Cl)N1C(=O)[C@@H]2[C@H](C1=O)[C@@]1(Cl)C(Cl)=C(Cl)[C@@]2(Cl)C1(Cl)Cl. The molecule has 2 aliphatic carbocycles. The summed E-state index contributed by atoms with van der Waals surface area (Å²) in [6.07, 6.45) is 0. The Morgan fingerprint density at radius 1 is 0.778 bits per heavy atom. The fourth-order valence-electron chi connectivity index (χ4n) is 5.01. The lowest BCUT2D eigenvalue weighted by Gasteiger charge is -2.37. The summed E-state index contributed by atoms with van der Waals surface area (Å²) >= 11 is 52.0. The Morgan fingerprint density at radius 3 is 1.75 bits per heavy atom. The van der Waals surface area contributed by atoms with E-state index in [0.717, 1.165) is 5.01 Å². The molecule has 0 spiro atoms. The summed E-state index contributed by atoms with van der Waals surface area (Å²) in [6.45, 7) is -0.257. The first-order valence-corrected chi connectivity index (χ1v) is 13.3. The van der Waals surface area contributed by atoms with Crippen LogP contribution in [-0.4, -0.2) is 41.8 Å². The number of amides is 3. The van der Waals surface area contributed by atoms with Crippen molar-refractivity contribution in [1.29, 1.82) is 0 Å². The average Bonchev–Trinajstić information content (AvgIpc) is 3.22. The van der Waals surface area contributed by atoms with E-state index in [-0.39, 0.29) is 27.2 Å². The molecule has 36 heavy (non-hydrogen) atoms. The Balaban J connectivity index is 1.65. The monoisotopic (exact) mass is 644 g/mol. The van der Waals surface area contributed by atoms with Crippen LogP contribution in [0, 0.1) is 11.8 Å². The minimum atomic E-state index is -2.09. The molecule has 0 aromatic heterocycles. The highest BCUT2D eigenvalue weighted by Gasteiger charge is 2.88. The van der Waals surface area contributed by atoms with Crippen LogP contribution in [0.1, 0.15) is 15.9 Å². The largest absolute Gasteiger partial charge is 0.274 e. The van der Waals surface area contributed by atoms with Gasteiger partial charge in [-0.1, -0.05) is 99.9 Å². The third kappa shape index (κ3) is 3.21. The fourth-order valence-corrected chi connectivity index (χ4v) is 8.35. The second-order valence-electron chi connectivity index (χ2n) is 8.50. The Morgan fingerprint density at radius 2 is 1.25 bits per heavy atom. The van der Waals surface area contributed by atoms with E-state index in [1.165, 1.54) is 12.1 Å². The van der Waals surface area contributed by atoms with Gasteiger partial charge in [-0.25, -0.2) is 5.01 Å². The highest BCUT2D eigenvalue weighted by Crippen LogP contribution is 2.77. The van der Waals surface area contributed by atoms with Crippen LogP contribution in [-0.2, 0) is 16.1 Å². The Bertz CT molecular complexity index is 1330. The maximum atomic E-state index is 13.9. The van der Waals surface area contributed by atoms with Crippen LogP contribution in [0.5, 0.6) is 0 Å². The van der Waals surface area contributed by atoms with E-state index in [9.17, 15) is 14.4 Å². The molecule has 3 aliphatic rings. The predicted molar refractivity (Wildman–Crippen MR) is 142 cm³/mol. The van der Waals surface area contributed by atoms with Crippen molar-refractivity contribution in [3.05, 3.63) is 79.8 Å². The summed E-state index contributed by atoms with van der Waals surface area (Å²) in [6, 6.07) is 12.8. The third-order valence-corrected chi connectivity index (χ3v) is 11.7. The van der Waals surface area contributed by atoms with Crippen molar-refractivity contribution >= 4 is 111 Å². The topological polar surface area (TPSA) is 57.7 Å². The van der Waals surface area contributed by atoms with Crippen molar-refractivity contribution in [3.63, 3.8) is 0 Å². The lowest BCUT2D eigenvalue weighted by atomic mass is 9.84. The van der Waals surface area contributed by atoms with Gasteiger partial charge in [0.15, 0.2) is 4.33 Å². The number of halogens is 8. The van der Waals surface area contributed by atoms with Crippen LogP contribution in [0.4, 0.5) is 0 Å². The predicted octanol–water partition coefficient (Wildman–Crippen LogP) is 7.00. The molecule has 2 aromatic rings. The lowest BCUT2D eigenvalue weighted by Crippen LogP contribution is -2.55. The van der Waals surface area contributed by atoms with Crippen LogP contribution in [0.15, 0.2) is 58.6 Å². The van der Waals surface area contributed by atoms with Gasteiger partial charge >= 0.3 is 0 Å². The smallest absolute Gasteiger partial charge is 0.272 e. The molecule has 4 atom stereocenters. The summed E-state index contributed by atoms with van der Waals surface area (Å²) in [7, 11) is 0. The van der Waals surface area contributed by atoms with Gasteiger partial charge in [0, 0.05) is 5.02 Å². The number of carbonyl (C=O) groups excluding carboxylic acids is 3. The van der Waals surface area contributed by atoms with Crippen molar-refractivity contribution in [2.24, 2.45) is 11.8 Å². The van der Waals surface area contributed by atoms with Crippen molar-refractivity contribution < 1.29 is 14.4 Å². The Hall–Kier alpha value is -0.890. The van der Waals surface area contributed by atoms with Crippen LogP contribution in [0.3, 0.4) is 0 Å². The number of carbonyl (C=O) groups is 3.